The molecule has 0 bridgehead atoms. The molecule has 1 saturated heterocycles. The van der Waals surface area contributed by atoms with Crippen molar-refractivity contribution in [2.24, 2.45) is 12.5 Å². The Labute approximate surface area is 156 Å². The summed E-state index contributed by atoms with van der Waals surface area (Å²) >= 11 is 0. The maximum atomic E-state index is 5.89. The van der Waals surface area contributed by atoms with E-state index >= 15 is 0 Å². The van der Waals surface area contributed by atoms with E-state index in [0.29, 0.717) is 11.5 Å². The summed E-state index contributed by atoms with van der Waals surface area (Å²) in [6.45, 7) is 5.12. The Hall–Kier alpha value is -1.85. The van der Waals surface area contributed by atoms with Crippen molar-refractivity contribution in [3.05, 3.63) is 48.5 Å². The molecule has 2 fully saturated rings. The number of nitrogens with one attached hydrogen (secondary N) is 1. The highest BCUT2D eigenvalue weighted by molar-refractivity contribution is 5.20. The van der Waals surface area contributed by atoms with E-state index in [4.69, 9.17) is 4.74 Å². The van der Waals surface area contributed by atoms with Crippen LogP contribution in [0.2, 0.25) is 0 Å². The Morgan fingerprint density at radius 1 is 1.27 bits per heavy atom. The molecule has 4 rings (SSSR count). The van der Waals surface area contributed by atoms with Gasteiger partial charge in [-0.15, -0.1) is 0 Å². The normalized spacial score (nSPS) is 21.2. The first kappa shape index (κ1) is 17.6. The maximum absolute atomic E-state index is 5.89. The second-order valence-electron chi connectivity index (χ2n) is 7.77. The molecule has 0 radical (unpaired) electrons. The first-order chi connectivity index (χ1) is 12.8. The molecule has 1 N–H and O–H groups in total. The second kappa shape index (κ2) is 7.80. The van der Waals surface area contributed by atoms with Crippen molar-refractivity contribution in [3.63, 3.8) is 0 Å². The largest absolute Gasteiger partial charge is 0.494 e. The molecule has 2 heterocycles. The van der Waals surface area contributed by atoms with Gasteiger partial charge < -0.3 is 14.6 Å². The standard InChI is InChI=1S/C21H30N4O/c1-24-14-12-23-20(24)17-25(19-16-21(19)8-10-22-11-9-21)13-5-15-26-18-6-3-2-4-7-18/h2-4,6-7,12,14,19,22H,5,8-11,13,15-17H2,1H3/t19-/m1/s1. The summed E-state index contributed by atoms with van der Waals surface area (Å²) in [5, 5.41) is 3.51. The minimum Gasteiger partial charge on any atom is -0.494 e. The Bertz CT molecular complexity index is 693. The zero-order valence-electron chi connectivity index (χ0n) is 15.7. The van der Waals surface area contributed by atoms with Gasteiger partial charge in [-0.25, -0.2) is 4.98 Å². The van der Waals surface area contributed by atoms with Gasteiger partial charge in [-0.3, -0.25) is 4.90 Å². The molecule has 2 aromatic rings. The molecule has 2 aliphatic rings. The van der Waals surface area contributed by atoms with Crippen LogP contribution >= 0.6 is 0 Å². The average Bonchev–Trinajstić information content (AvgIpc) is 3.20. The lowest BCUT2D eigenvalue weighted by atomic mass is 9.93. The predicted octanol–water partition coefficient (Wildman–Crippen LogP) is 2.83. The number of hydrogen-bond acceptors (Lipinski definition) is 4. The van der Waals surface area contributed by atoms with Crippen LogP contribution < -0.4 is 10.1 Å². The number of ether oxygens (including phenoxy) is 1. The molecule has 26 heavy (non-hydrogen) atoms. The van der Waals surface area contributed by atoms with Gasteiger partial charge in [0, 0.05) is 32.0 Å². The van der Waals surface area contributed by atoms with Crippen LogP contribution in [-0.4, -0.2) is 46.7 Å². The van der Waals surface area contributed by atoms with Gasteiger partial charge in [-0.05, 0) is 56.3 Å². The third-order valence-electron chi connectivity index (χ3n) is 6.05. The molecule has 140 valence electrons. The highest BCUT2D eigenvalue weighted by Crippen LogP contribution is 2.55. The number of para-hydroxylation sites is 1. The number of aromatic nitrogens is 2. The third kappa shape index (κ3) is 3.94. The second-order valence-corrected chi connectivity index (χ2v) is 7.77. The summed E-state index contributed by atoms with van der Waals surface area (Å²) in [6.07, 6.45) is 8.96. The van der Waals surface area contributed by atoms with Crippen LogP contribution in [-0.2, 0) is 13.6 Å². The molecule has 5 heteroatoms. The van der Waals surface area contributed by atoms with Crippen molar-refractivity contribution in [1.29, 1.82) is 0 Å². The quantitative estimate of drug-likeness (QED) is 0.740. The van der Waals surface area contributed by atoms with Gasteiger partial charge in [-0.2, -0.15) is 0 Å². The average molecular weight is 354 g/mol. The van der Waals surface area contributed by atoms with Crippen LogP contribution in [0, 0.1) is 5.41 Å². The Morgan fingerprint density at radius 2 is 2.08 bits per heavy atom. The number of imidazole rings is 1. The van der Waals surface area contributed by atoms with Crippen molar-refractivity contribution in [1.82, 2.24) is 19.8 Å². The lowest BCUT2D eigenvalue weighted by Crippen LogP contribution is -2.37. The summed E-state index contributed by atoms with van der Waals surface area (Å²) in [6, 6.07) is 10.8. The monoisotopic (exact) mass is 354 g/mol. The van der Waals surface area contributed by atoms with E-state index < -0.39 is 0 Å². The fourth-order valence-corrected chi connectivity index (χ4v) is 4.35. The van der Waals surface area contributed by atoms with Crippen LogP contribution in [0.4, 0.5) is 0 Å². The van der Waals surface area contributed by atoms with E-state index in [1.54, 1.807) is 0 Å². The third-order valence-corrected chi connectivity index (χ3v) is 6.05. The highest BCUT2D eigenvalue weighted by Gasteiger charge is 2.56. The molecule has 1 atom stereocenters. The number of rotatable bonds is 8. The summed E-state index contributed by atoms with van der Waals surface area (Å²) in [5.41, 5.74) is 0.552. The number of piperidine rings is 1. The van der Waals surface area contributed by atoms with Gasteiger partial charge in [0.05, 0.1) is 13.2 Å². The van der Waals surface area contributed by atoms with Gasteiger partial charge >= 0.3 is 0 Å². The SMILES string of the molecule is Cn1ccnc1CN(CCCOc1ccccc1)[C@@H]1CC12CCNCC2. The summed E-state index contributed by atoms with van der Waals surface area (Å²) in [4.78, 5) is 7.21. The zero-order chi connectivity index (χ0) is 17.8. The van der Waals surface area contributed by atoms with Crippen molar-refractivity contribution in [3.8, 4) is 5.75 Å². The molecule has 0 amide bonds. The van der Waals surface area contributed by atoms with Crippen LogP contribution in [0.25, 0.3) is 0 Å². The first-order valence-electron chi connectivity index (χ1n) is 9.86. The molecule has 0 unspecified atom stereocenters. The van der Waals surface area contributed by atoms with Gasteiger partial charge in [-0.1, -0.05) is 18.2 Å². The van der Waals surface area contributed by atoms with Crippen LogP contribution in [0.1, 0.15) is 31.5 Å². The smallest absolute Gasteiger partial charge is 0.122 e. The molecular formula is C21H30N4O. The fraction of sp³-hybridized carbons (Fsp3) is 0.571. The molecule has 1 aromatic carbocycles. The molecule has 1 saturated carbocycles. The number of nitrogens with zero attached hydrogens (tertiary/aromatic N) is 3. The lowest BCUT2D eigenvalue weighted by molar-refractivity contribution is 0.175. The summed E-state index contributed by atoms with van der Waals surface area (Å²) in [7, 11) is 2.09. The van der Waals surface area contributed by atoms with E-state index in [1.165, 1.54) is 32.4 Å². The van der Waals surface area contributed by atoms with Gasteiger partial charge in [0.25, 0.3) is 0 Å². The zero-order valence-corrected chi connectivity index (χ0v) is 15.7. The maximum Gasteiger partial charge on any atom is 0.122 e. The predicted molar refractivity (Wildman–Crippen MR) is 103 cm³/mol. The molecule has 1 spiro atoms. The fourth-order valence-electron chi connectivity index (χ4n) is 4.35. The molecule has 1 aliphatic heterocycles. The van der Waals surface area contributed by atoms with Gasteiger partial charge in [0.15, 0.2) is 0 Å². The van der Waals surface area contributed by atoms with E-state index in [-0.39, 0.29) is 0 Å². The number of hydrogen-bond donors (Lipinski definition) is 1. The van der Waals surface area contributed by atoms with Crippen LogP contribution in [0.5, 0.6) is 5.75 Å². The van der Waals surface area contributed by atoms with E-state index in [9.17, 15) is 0 Å². The number of aryl methyl sites for hydroxylation is 1. The number of benzene rings is 1. The molecule has 1 aliphatic carbocycles. The van der Waals surface area contributed by atoms with Crippen molar-refractivity contribution in [2.75, 3.05) is 26.2 Å². The Morgan fingerprint density at radius 3 is 2.81 bits per heavy atom. The van der Waals surface area contributed by atoms with E-state index in [0.717, 1.165) is 37.7 Å². The highest BCUT2D eigenvalue weighted by atomic mass is 16.5. The Kier molecular flexibility index (Phi) is 5.27. The minimum atomic E-state index is 0.552. The summed E-state index contributed by atoms with van der Waals surface area (Å²) < 4.78 is 8.04. The van der Waals surface area contributed by atoms with Crippen molar-refractivity contribution >= 4 is 0 Å². The Balaban J connectivity index is 1.34. The lowest BCUT2D eigenvalue weighted by Gasteiger charge is -2.29. The van der Waals surface area contributed by atoms with Gasteiger partial charge in [0.1, 0.15) is 11.6 Å². The van der Waals surface area contributed by atoms with Crippen LogP contribution in [0.15, 0.2) is 42.7 Å². The van der Waals surface area contributed by atoms with Crippen LogP contribution in [0.3, 0.4) is 0 Å². The first-order valence-corrected chi connectivity index (χ1v) is 9.86. The van der Waals surface area contributed by atoms with E-state index in [1.807, 2.05) is 42.7 Å². The van der Waals surface area contributed by atoms with Crippen molar-refractivity contribution < 1.29 is 4.74 Å². The van der Waals surface area contributed by atoms with Crippen molar-refractivity contribution in [2.45, 2.75) is 38.3 Å². The summed E-state index contributed by atoms with van der Waals surface area (Å²) in [5.74, 6) is 2.12. The molecular weight excluding hydrogens is 324 g/mol. The minimum absolute atomic E-state index is 0.552. The topological polar surface area (TPSA) is 42.3 Å². The molecule has 5 nitrogen and oxygen atoms in total. The van der Waals surface area contributed by atoms with E-state index in [2.05, 4.69) is 26.8 Å². The molecule has 1 aromatic heterocycles. The van der Waals surface area contributed by atoms with Gasteiger partial charge in [0.2, 0.25) is 0 Å².